The smallest absolute Gasteiger partial charge is 0.412 e. The molecular weight excluding hydrogens is 215 g/mol. The summed E-state index contributed by atoms with van der Waals surface area (Å²) >= 11 is -1.06. The number of unbranched alkanes of at least 4 members (excludes halogenated alkanes) is 1. The maximum Gasteiger partial charge on any atom is -0.412 e. The number of hydrogen-bond acceptors (Lipinski definition) is 1. The average Bonchev–Trinajstić information content (AvgIpc) is 1.61. The molecular formula is C4H13O3Sn. The second-order valence-electron chi connectivity index (χ2n) is 1.25. The molecule has 0 aliphatic rings. The minimum absolute atomic E-state index is 0. The van der Waals surface area contributed by atoms with E-state index in [0.717, 1.165) is 4.44 Å². The van der Waals surface area contributed by atoms with E-state index in [1.807, 2.05) is 0 Å². The monoisotopic (exact) mass is 229 g/mol. The van der Waals surface area contributed by atoms with Crippen LogP contribution in [0.15, 0.2) is 0 Å². The number of hydrogen-bond donors (Lipinski definition) is 0. The topological polar surface area (TPSA) is 80.1 Å². The SMILES string of the molecule is CCC[CH2][Sn]=[O].O.O. The molecule has 0 aliphatic heterocycles. The van der Waals surface area contributed by atoms with Crippen molar-refractivity contribution in [2.24, 2.45) is 0 Å². The van der Waals surface area contributed by atoms with Crippen molar-refractivity contribution in [2.45, 2.75) is 24.2 Å². The molecule has 3 nitrogen and oxygen atoms in total. The van der Waals surface area contributed by atoms with E-state index in [4.69, 9.17) is 0 Å². The van der Waals surface area contributed by atoms with Crippen molar-refractivity contribution in [2.75, 3.05) is 0 Å². The molecule has 51 valence electrons. The molecule has 0 spiro atoms. The standard InChI is InChI=1S/C4H9.2H2O.O.Sn/c1-3-4-2;;;;/h1,3-4H2,2H3;2*1H2;;. The van der Waals surface area contributed by atoms with Gasteiger partial charge in [-0.25, -0.2) is 0 Å². The van der Waals surface area contributed by atoms with E-state index in [0.29, 0.717) is 0 Å². The molecule has 0 aliphatic carbocycles. The summed E-state index contributed by atoms with van der Waals surface area (Å²) in [7, 11) is 0. The maximum absolute atomic E-state index is 9.86. The van der Waals surface area contributed by atoms with Crippen LogP contribution in [0.5, 0.6) is 0 Å². The van der Waals surface area contributed by atoms with Crippen molar-refractivity contribution in [3.8, 4) is 0 Å². The molecule has 0 amide bonds. The first-order valence-corrected chi connectivity index (χ1v) is 5.45. The molecule has 0 aromatic rings. The second-order valence-corrected chi connectivity index (χ2v) is 3.50. The van der Waals surface area contributed by atoms with E-state index in [1.54, 1.807) is 0 Å². The summed E-state index contributed by atoms with van der Waals surface area (Å²) in [5.41, 5.74) is 0. The third-order valence-electron chi connectivity index (χ3n) is 0.632. The summed E-state index contributed by atoms with van der Waals surface area (Å²) in [6.07, 6.45) is 2.37. The van der Waals surface area contributed by atoms with Gasteiger partial charge in [-0.05, 0) is 0 Å². The molecule has 0 aromatic heterocycles. The van der Waals surface area contributed by atoms with Crippen LogP contribution in [0.4, 0.5) is 0 Å². The molecule has 1 radical (unpaired) electrons. The summed E-state index contributed by atoms with van der Waals surface area (Å²) in [6, 6.07) is 0. The van der Waals surface area contributed by atoms with Gasteiger partial charge in [0, 0.05) is 0 Å². The predicted molar refractivity (Wildman–Crippen MR) is 33.4 cm³/mol. The summed E-state index contributed by atoms with van der Waals surface area (Å²) < 4.78 is 10.9. The average molecular weight is 228 g/mol. The predicted octanol–water partition coefficient (Wildman–Crippen LogP) is -0.395. The summed E-state index contributed by atoms with van der Waals surface area (Å²) in [5, 5.41) is 0. The zero-order chi connectivity index (χ0) is 4.83. The van der Waals surface area contributed by atoms with E-state index in [-0.39, 0.29) is 11.0 Å². The van der Waals surface area contributed by atoms with Gasteiger partial charge in [0.05, 0.1) is 0 Å². The zero-order valence-electron chi connectivity index (χ0n) is 5.03. The van der Waals surface area contributed by atoms with Gasteiger partial charge in [0.25, 0.3) is 0 Å². The minimum Gasteiger partial charge on any atom is -0.412 e. The zero-order valence-corrected chi connectivity index (χ0v) is 7.88. The molecule has 0 heterocycles. The van der Waals surface area contributed by atoms with Gasteiger partial charge >= 0.3 is 48.4 Å². The van der Waals surface area contributed by atoms with Crippen molar-refractivity contribution >= 4 is 21.1 Å². The Balaban J connectivity index is -0.000000125. The third kappa shape index (κ3) is 16.0. The molecule has 4 N–H and O–H groups in total. The number of rotatable bonds is 3. The Morgan fingerprint density at radius 1 is 1.38 bits per heavy atom. The van der Waals surface area contributed by atoms with Gasteiger partial charge in [0.1, 0.15) is 0 Å². The first-order valence-electron chi connectivity index (χ1n) is 2.26. The van der Waals surface area contributed by atoms with Crippen molar-refractivity contribution in [3.05, 3.63) is 0 Å². The van der Waals surface area contributed by atoms with Gasteiger partial charge in [-0.2, -0.15) is 0 Å². The molecule has 4 heteroatoms. The maximum atomic E-state index is 9.86. The van der Waals surface area contributed by atoms with E-state index in [9.17, 15) is 3.08 Å². The normalized spacial score (nSPS) is 6.12. The summed E-state index contributed by atoms with van der Waals surface area (Å²) in [4.78, 5) is 0. The van der Waals surface area contributed by atoms with E-state index in [1.165, 1.54) is 12.8 Å². The van der Waals surface area contributed by atoms with Crippen molar-refractivity contribution in [1.82, 2.24) is 0 Å². The Bertz CT molecular complexity index is 40.3. The Hall–Kier alpha value is 0.519. The van der Waals surface area contributed by atoms with Crippen molar-refractivity contribution < 1.29 is 14.0 Å². The fourth-order valence-corrected chi connectivity index (χ4v) is 1.67. The van der Waals surface area contributed by atoms with Crippen LogP contribution in [-0.2, 0) is 3.08 Å². The van der Waals surface area contributed by atoms with Crippen LogP contribution in [0.1, 0.15) is 19.8 Å². The largest absolute Gasteiger partial charge is 0.412 e. The van der Waals surface area contributed by atoms with E-state index < -0.39 is 21.1 Å². The molecule has 0 saturated heterocycles. The Kier molecular flexibility index (Phi) is 30.9. The van der Waals surface area contributed by atoms with E-state index >= 15 is 0 Å². The molecule has 0 unspecified atom stereocenters. The van der Waals surface area contributed by atoms with Crippen LogP contribution in [-0.4, -0.2) is 32.1 Å². The van der Waals surface area contributed by atoms with Gasteiger partial charge in [-0.3, -0.25) is 0 Å². The van der Waals surface area contributed by atoms with Crippen LogP contribution in [0.2, 0.25) is 4.44 Å². The first kappa shape index (κ1) is 15.8. The van der Waals surface area contributed by atoms with Crippen LogP contribution >= 0.6 is 0 Å². The van der Waals surface area contributed by atoms with Crippen LogP contribution in [0.25, 0.3) is 0 Å². The molecule has 0 bridgehead atoms. The van der Waals surface area contributed by atoms with Crippen LogP contribution in [0.3, 0.4) is 0 Å². The van der Waals surface area contributed by atoms with Gasteiger partial charge in [-0.1, -0.05) is 0 Å². The molecule has 0 aromatic carbocycles. The third-order valence-corrected chi connectivity index (χ3v) is 2.22. The molecule has 0 atom stereocenters. The summed E-state index contributed by atoms with van der Waals surface area (Å²) in [5.74, 6) is 0. The minimum atomic E-state index is -1.06. The van der Waals surface area contributed by atoms with Gasteiger partial charge < -0.3 is 11.0 Å². The van der Waals surface area contributed by atoms with Gasteiger partial charge in [-0.15, -0.1) is 0 Å². The molecule has 0 saturated carbocycles. The first-order chi connectivity index (χ1) is 2.91. The van der Waals surface area contributed by atoms with Crippen molar-refractivity contribution in [1.29, 1.82) is 0 Å². The van der Waals surface area contributed by atoms with Gasteiger partial charge in [0.2, 0.25) is 0 Å². The van der Waals surface area contributed by atoms with Crippen LogP contribution < -0.4 is 0 Å². The second kappa shape index (κ2) is 15.6. The molecule has 8 heavy (non-hydrogen) atoms. The fourth-order valence-electron chi connectivity index (χ4n) is 0.249. The van der Waals surface area contributed by atoms with Crippen molar-refractivity contribution in [3.63, 3.8) is 0 Å². The van der Waals surface area contributed by atoms with Gasteiger partial charge in [0.15, 0.2) is 0 Å². The fraction of sp³-hybridized carbons (Fsp3) is 1.00. The summed E-state index contributed by atoms with van der Waals surface area (Å²) in [6.45, 7) is 2.12. The quantitative estimate of drug-likeness (QED) is 0.478. The van der Waals surface area contributed by atoms with E-state index in [2.05, 4.69) is 6.92 Å². The Labute approximate surface area is 59.7 Å². The Morgan fingerprint density at radius 2 is 1.88 bits per heavy atom. The molecule has 0 rings (SSSR count). The Morgan fingerprint density at radius 3 is 2.00 bits per heavy atom. The van der Waals surface area contributed by atoms with Crippen LogP contribution in [0, 0.1) is 0 Å². The molecule has 0 fully saturated rings.